The Morgan fingerprint density at radius 1 is 1.19 bits per heavy atom. The topological polar surface area (TPSA) is 44.1 Å². The Labute approximate surface area is 123 Å². The first-order valence-corrected chi connectivity index (χ1v) is 6.56. The average molecular weight is 282 g/mol. The normalized spacial score (nSPS) is 11.5. The van der Waals surface area contributed by atoms with Crippen LogP contribution in [0.5, 0.6) is 0 Å². The zero-order valence-corrected chi connectivity index (χ0v) is 11.7. The Kier molecular flexibility index (Phi) is 4.68. The SMILES string of the molecule is CN(Cc1ccc(F)cc1)C(=O)C(C#N)c1ccccc1. The van der Waals surface area contributed by atoms with Gasteiger partial charge in [0.15, 0.2) is 0 Å². The molecule has 0 fully saturated rings. The van der Waals surface area contributed by atoms with E-state index < -0.39 is 5.92 Å². The molecule has 0 aliphatic carbocycles. The van der Waals surface area contributed by atoms with Gasteiger partial charge in [0.25, 0.3) is 0 Å². The van der Waals surface area contributed by atoms with E-state index in [-0.39, 0.29) is 11.7 Å². The van der Waals surface area contributed by atoms with Crippen LogP contribution in [-0.2, 0) is 11.3 Å². The third-order valence-corrected chi connectivity index (χ3v) is 3.22. The van der Waals surface area contributed by atoms with Gasteiger partial charge in [-0.25, -0.2) is 4.39 Å². The maximum atomic E-state index is 12.9. The number of benzene rings is 2. The van der Waals surface area contributed by atoms with E-state index in [9.17, 15) is 14.4 Å². The maximum Gasteiger partial charge on any atom is 0.244 e. The van der Waals surface area contributed by atoms with Crippen molar-refractivity contribution in [3.63, 3.8) is 0 Å². The minimum Gasteiger partial charge on any atom is -0.340 e. The summed E-state index contributed by atoms with van der Waals surface area (Å²) in [6, 6.07) is 17.0. The van der Waals surface area contributed by atoms with Crippen molar-refractivity contribution in [2.45, 2.75) is 12.5 Å². The molecule has 4 heteroatoms. The summed E-state index contributed by atoms with van der Waals surface area (Å²) >= 11 is 0. The van der Waals surface area contributed by atoms with Crippen molar-refractivity contribution in [3.05, 3.63) is 71.5 Å². The highest BCUT2D eigenvalue weighted by Gasteiger charge is 2.23. The maximum absolute atomic E-state index is 12.9. The number of hydrogen-bond donors (Lipinski definition) is 0. The van der Waals surface area contributed by atoms with E-state index in [1.54, 1.807) is 43.4 Å². The summed E-state index contributed by atoms with van der Waals surface area (Å²) in [5, 5.41) is 9.25. The molecule has 0 aliphatic heterocycles. The molecule has 21 heavy (non-hydrogen) atoms. The molecule has 1 unspecified atom stereocenters. The fourth-order valence-corrected chi connectivity index (χ4v) is 2.08. The van der Waals surface area contributed by atoms with E-state index in [2.05, 4.69) is 0 Å². The van der Waals surface area contributed by atoms with Crippen LogP contribution in [0.15, 0.2) is 54.6 Å². The van der Waals surface area contributed by atoms with Gasteiger partial charge in [0, 0.05) is 13.6 Å². The van der Waals surface area contributed by atoms with Crippen molar-refractivity contribution in [3.8, 4) is 6.07 Å². The van der Waals surface area contributed by atoms with Gasteiger partial charge in [-0.15, -0.1) is 0 Å². The van der Waals surface area contributed by atoms with E-state index in [0.717, 1.165) is 5.56 Å². The van der Waals surface area contributed by atoms with Gasteiger partial charge in [-0.1, -0.05) is 42.5 Å². The fourth-order valence-electron chi connectivity index (χ4n) is 2.08. The van der Waals surface area contributed by atoms with Crippen LogP contribution in [0.4, 0.5) is 4.39 Å². The number of halogens is 1. The Hall–Kier alpha value is -2.67. The summed E-state index contributed by atoms with van der Waals surface area (Å²) in [4.78, 5) is 13.9. The number of nitriles is 1. The molecule has 1 atom stereocenters. The molecule has 1 amide bonds. The molecule has 106 valence electrons. The highest BCUT2D eigenvalue weighted by atomic mass is 19.1. The van der Waals surface area contributed by atoms with E-state index in [1.165, 1.54) is 17.0 Å². The number of rotatable bonds is 4. The monoisotopic (exact) mass is 282 g/mol. The first-order valence-electron chi connectivity index (χ1n) is 6.56. The van der Waals surface area contributed by atoms with Crippen molar-refractivity contribution >= 4 is 5.91 Å². The van der Waals surface area contributed by atoms with Crippen LogP contribution < -0.4 is 0 Å². The molecule has 2 aromatic rings. The third kappa shape index (κ3) is 3.67. The van der Waals surface area contributed by atoms with Crippen LogP contribution in [0.25, 0.3) is 0 Å². The second-order valence-electron chi connectivity index (χ2n) is 4.79. The van der Waals surface area contributed by atoms with Crippen LogP contribution in [0.3, 0.4) is 0 Å². The lowest BCUT2D eigenvalue weighted by molar-refractivity contribution is -0.130. The van der Waals surface area contributed by atoms with Crippen molar-refractivity contribution in [1.82, 2.24) is 4.90 Å². The molecular weight excluding hydrogens is 267 g/mol. The Morgan fingerprint density at radius 2 is 1.81 bits per heavy atom. The molecule has 0 aliphatic rings. The van der Waals surface area contributed by atoms with Crippen LogP contribution >= 0.6 is 0 Å². The van der Waals surface area contributed by atoms with E-state index in [4.69, 9.17) is 0 Å². The predicted octanol–water partition coefficient (Wildman–Crippen LogP) is 3.09. The molecule has 0 heterocycles. The van der Waals surface area contributed by atoms with Crippen LogP contribution in [0.1, 0.15) is 17.0 Å². The highest BCUT2D eigenvalue weighted by molar-refractivity contribution is 5.86. The molecule has 3 nitrogen and oxygen atoms in total. The van der Waals surface area contributed by atoms with Gasteiger partial charge in [-0.2, -0.15) is 5.26 Å². The number of hydrogen-bond acceptors (Lipinski definition) is 2. The second-order valence-corrected chi connectivity index (χ2v) is 4.79. The molecule has 2 rings (SSSR count). The molecule has 0 saturated heterocycles. The zero-order chi connectivity index (χ0) is 15.2. The van der Waals surface area contributed by atoms with Crippen molar-refractivity contribution < 1.29 is 9.18 Å². The van der Waals surface area contributed by atoms with Gasteiger partial charge in [-0.3, -0.25) is 4.79 Å². The minimum atomic E-state index is -0.823. The number of amides is 1. The fraction of sp³-hybridized carbons (Fsp3) is 0.176. The van der Waals surface area contributed by atoms with Gasteiger partial charge in [0.1, 0.15) is 11.7 Å². The zero-order valence-electron chi connectivity index (χ0n) is 11.7. The largest absolute Gasteiger partial charge is 0.340 e. The minimum absolute atomic E-state index is 0.270. The predicted molar refractivity (Wildman–Crippen MR) is 77.7 cm³/mol. The van der Waals surface area contributed by atoms with Crippen LogP contribution in [0, 0.1) is 17.1 Å². The van der Waals surface area contributed by atoms with E-state index in [0.29, 0.717) is 12.1 Å². The number of nitrogens with zero attached hydrogens (tertiary/aromatic N) is 2. The quantitative estimate of drug-likeness (QED) is 0.865. The Balaban J connectivity index is 2.11. The smallest absolute Gasteiger partial charge is 0.244 e. The molecular formula is C17H15FN2O. The lowest BCUT2D eigenvalue weighted by Gasteiger charge is -2.20. The molecule has 2 aromatic carbocycles. The third-order valence-electron chi connectivity index (χ3n) is 3.22. The van der Waals surface area contributed by atoms with Gasteiger partial charge < -0.3 is 4.90 Å². The van der Waals surface area contributed by atoms with Crippen molar-refractivity contribution in [1.29, 1.82) is 5.26 Å². The Morgan fingerprint density at radius 3 is 2.38 bits per heavy atom. The molecule has 0 radical (unpaired) electrons. The van der Waals surface area contributed by atoms with Gasteiger partial charge in [-0.05, 0) is 23.3 Å². The van der Waals surface area contributed by atoms with Crippen molar-refractivity contribution in [2.24, 2.45) is 0 Å². The molecule has 0 bridgehead atoms. The van der Waals surface area contributed by atoms with E-state index in [1.807, 2.05) is 12.1 Å². The number of likely N-dealkylation sites (N-methyl/N-ethyl adjacent to an activating group) is 1. The lowest BCUT2D eigenvalue weighted by Crippen LogP contribution is -2.30. The molecule has 0 saturated carbocycles. The summed E-state index contributed by atoms with van der Waals surface area (Å²) in [5.74, 6) is -1.41. The summed E-state index contributed by atoms with van der Waals surface area (Å²) in [6.07, 6.45) is 0. The van der Waals surface area contributed by atoms with Gasteiger partial charge >= 0.3 is 0 Å². The molecule has 0 aromatic heterocycles. The number of carbonyl (C=O) groups is 1. The second kappa shape index (κ2) is 6.67. The first-order chi connectivity index (χ1) is 10.1. The summed E-state index contributed by atoms with van der Waals surface area (Å²) in [7, 11) is 1.64. The summed E-state index contributed by atoms with van der Waals surface area (Å²) in [5.41, 5.74) is 1.49. The lowest BCUT2D eigenvalue weighted by atomic mass is 9.99. The molecule has 0 N–H and O–H groups in total. The highest BCUT2D eigenvalue weighted by Crippen LogP contribution is 2.18. The first kappa shape index (κ1) is 14.7. The van der Waals surface area contributed by atoms with Gasteiger partial charge in [0.05, 0.1) is 6.07 Å². The van der Waals surface area contributed by atoms with E-state index >= 15 is 0 Å². The molecule has 0 spiro atoms. The Bertz CT molecular complexity index is 647. The summed E-state index contributed by atoms with van der Waals surface area (Å²) in [6.45, 7) is 0.337. The number of carbonyl (C=O) groups excluding carboxylic acids is 1. The average Bonchev–Trinajstić information content (AvgIpc) is 2.51. The standard InChI is InChI=1S/C17H15FN2O/c1-20(12-13-7-9-15(18)10-8-13)17(21)16(11-19)14-5-3-2-4-6-14/h2-10,16H,12H2,1H3. The van der Waals surface area contributed by atoms with Crippen LogP contribution in [-0.4, -0.2) is 17.9 Å². The van der Waals surface area contributed by atoms with Crippen LogP contribution in [0.2, 0.25) is 0 Å². The summed E-state index contributed by atoms with van der Waals surface area (Å²) < 4.78 is 12.9. The van der Waals surface area contributed by atoms with Crippen molar-refractivity contribution in [2.75, 3.05) is 7.05 Å². The van der Waals surface area contributed by atoms with Gasteiger partial charge in [0.2, 0.25) is 5.91 Å².